The maximum atomic E-state index is 13.6. The Morgan fingerprint density at radius 2 is 1.81 bits per heavy atom. The largest absolute Gasteiger partial charge is 0.493 e. The van der Waals surface area contributed by atoms with Crippen molar-refractivity contribution < 1.29 is 19.1 Å². The molecule has 2 atom stereocenters. The highest BCUT2D eigenvalue weighted by Gasteiger charge is 2.42. The first-order valence-electron chi connectivity index (χ1n) is 10.6. The second-order valence-corrected chi connectivity index (χ2v) is 8.51. The lowest BCUT2D eigenvalue weighted by atomic mass is 10.1. The number of benzene rings is 2. The first-order chi connectivity index (χ1) is 15.1. The summed E-state index contributed by atoms with van der Waals surface area (Å²) in [5.41, 5.74) is 1.47. The van der Waals surface area contributed by atoms with Gasteiger partial charge in [0.1, 0.15) is 11.4 Å². The Hall–Kier alpha value is -2.67. The number of methoxy groups -OCH3 is 2. The SMILES string of the molecule is CCCCCNC(=O)C1CSC(c2ccccc2)N1C(=O)c1ccc(OC)c(OC)c1. The molecule has 1 aliphatic rings. The van der Waals surface area contributed by atoms with Crippen LogP contribution in [0.2, 0.25) is 0 Å². The monoisotopic (exact) mass is 442 g/mol. The quantitative estimate of drug-likeness (QED) is 0.588. The van der Waals surface area contributed by atoms with E-state index in [9.17, 15) is 9.59 Å². The molecule has 6 nitrogen and oxygen atoms in total. The number of nitrogens with zero attached hydrogens (tertiary/aromatic N) is 1. The van der Waals surface area contributed by atoms with Crippen molar-refractivity contribution in [3.8, 4) is 11.5 Å². The lowest BCUT2D eigenvalue weighted by Gasteiger charge is -2.29. The number of hydrogen-bond acceptors (Lipinski definition) is 5. The molecule has 0 bridgehead atoms. The highest BCUT2D eigenvalue weighted by Crippen LogP contribution is 2.42. The number of amides is 2. The highest BCUT2D eigenvalue weighted by atomic mass is 32.2. The van der Waals surface area contributed by atoms with Crippen LogP contribution in [0.4, 0.5) is 0 Å². The van der Waals surface area contributed by atoms with Crippen LogP contribution in [0.5, 0.6) is 11.5 Å². The molecule has 7 heteroatoms. The molecule has 1 saturated heterocycles. The molecule has 2 amide bonds. The van der Waals surface area contributed by atoms with Crippen molar-refractivity contribution in [3.63, 3.8) is 0 Å². The van der Waals surface area contributed by atoms with E-state index in [1.165, 1.54) is 7.11 Å². The van der Waals surface area contributed by atoms with Crippen LogP contribution in [0.3, 0.4) is 0 Å². The summed E-state index contributed by atoms with van der Waals surface area (Å²) in [5, 5.41) is 2.79. The van der Waals surface area contributed by atoms with Crippen LogP contribution in [0.25, 0.3) is 0 Å². The summed E-state index contributed by atoms with van der Waals surface area (Å²) in [7, 11) is 3.10. The molecule has 0 aromatic heterocycles. The molecule has 0 aliphatic carbocycles. The van der Waals surface area contributed by atoms with Gasteiger partial charge in [0.25, 0.3) is 5.91 Å². The normalized spacial score (nSPS) is 18.0. The van der Waals surface area contributed by atoms with Gasteiger partial charge in [0.05, 0.1) is 14.2 Å². The van der Waals surface area contributed by atoms with Gasteiger partial charge in [-0.15, -0.1) is 11.8 Å². The number of thioether (sulfide) groups is 1. The van der Waals surface area contributed by atoms with Gasteiger partial charge in [0.15, 0.2) is 11.5 Å². The standard InChI is InChI=1S/C24H30N2O4S/c1-4-5-9-14-25-22(27)19-16-31-24(17-10-7-6-8-11-17)26(19)23(28)18-12-13-20(29-2)21(15-18)30-3/h6-8,10-13,15,19,24H,4-5,9,14,16H2,1-3H3,(H,25,27). The number of nitrogens with one attached hydrogen (secondary N) is 1. The van der Waals surface area contributed by atoms with E-state index in [1.54, 1.807) is 42.0 Å². The van der Waals surface area contributed by atoms with Crippen molar-refractivity contribution in [3.05, 3.63) is 59.7 Å². The number of ether oxygens (including phenoxy) is 2. The highest BCUT2D eigenvalue weighted by molar-refractivity contribution is 7.99. The molecule has 1 fully saturated rings. The number of carbonyl (C=O) groups is 2. The van der Waals surface area contributed by atoms with Crippen LogP contribution in [0.15, 0.2) is 48.5 Å². The van der Waals surface area contributed by atoms with Crippen molar-refractivity contribution in [1.82, 2.24) is 10.2 Å². The third-order valence-electron chi connectivity index (χ3n) is 5.33. The average molecular weight is 443 g/mol. The van der Waals surface area contributed by atoms with E-state index in [0.717, 1.165) is 24.8 Å². The van der Waals surface area contributed by atoms with E-state index in [-0.39, 0.29) is 17.2 Å². The number of carbonyl (C=O) groups excluding carboxylic acids is 2. The molecule has 3 rings (SSSR count). The second-order valence-electron chi connectivity index (χ2n) is 7.39. The third-order valence-corrected chi connectivity index (χ3v) is 6.66. The molecule has 1 N–H and O–H groups in total. The minimum Gasteiger partial charge on any atom is -0.493 e. The van der Waals surface area contributed by atoms with E-state index in [1.807, 2.05) is 30.3 Å². The van der Waals surface area contributed by atoms with Gasteiger partial charge in [-0.2, -0.15) is 0 Å². The summed E-state index contributed by atoms with van der Waals surface area (Å²) in [6.07, 6.45) is 3.10. The Bertz CT molecular complexity index is 890. The van der Waals surface area contributed by atoms with Crippen LogP contribution in [0, 0.1) is 0 Å². The fraction of sp³-hybridized carbons (Fsp3) is 0.417. The molecular formula is C24H30N2O4S. The zero-order chi connectivity index (χ0) is 22.2. The van der Waals surface area contributed by atoms with Crippen LogP contribution in [0.1, 0.15) is 47.5 Å². The molecule has 166 valence electrons. The van der Waals surface area contributed by atoms with E-state index in [4.69, 9.17) is 9.47 Å². The number of unbranched alkanes of at least 4 members (excludes halogenated alkanes) is 2. The van der Waals surface area contributed by atoms with E-state index in [0.29, 0.717) is 29.4 Å². The van der Waals surface area contributed by atoms with Crippen LogP contribution in [-0.2, 0) is 4.79 Å². The molecular weight excluding hydrogens is 412 g/mol. The molecule has 1 heterocycles. The van der Waals surface area contributed by atoms with Crippen molar-refractivity contribution in [2.24, 2.45) is 0 Å². The topological polar surface area (TPSA) is 67.9 Å². The maximum absolute atomic E-state index is 13.6. The summed E-state index contributed by atoms with van der Waals surface area (Å²) in [5.74, 6) is 1.29. The predicted octanol–water partition coefficient (Wildman–Crippen LogP) is 4.27. The minimum atomic E-state index is -0.530. The Kier molecular flexibility index (Phi) is 8.23. The van der Waals surface area contributed by atoms with E-state index < -0.39 is 6.04 Å². The van der Waals surface area contributed by atoms with Gasteiger partial charge in [0, 0.05) is 17.9 Å². The fourth-order valence-electron chi connectivity index (χ4n) is 3.65. The van der Waals surface area contributed by atoms with Crippen LogP contribution in [-0.4, -0.2) is 49.3 Å². The first-order valence-corrected chi connectivity index (χ1v) is 11.6. The van der Waals surface area contributed by atoms with Gasteiger partial charge in [-0.1, -0.05) is 50.1 Å². The zero-order valence-electron chi connectivity index (χ0n) is 18.3. The zero-order valence-corrected chi connectivity index (χ0v) is 19.1. The molecule has 0 spiro atoms. The molecule has 31 heavy (non-hydrogen) atoms. The fourth-order valence-corrected chi connectivity index (χ4v) is 5.08. The molecule has 0 radical (unpaired) electrons. The Balaban J connectivity index is 1.89. The summed E-state index contributed by atoms with van der Waals surface area (Å²) >= 11 is 1.61. The average Bonchev–Trinajstić information content (AvgIpc) is 3.26. The second kappa shape index (κ2) is 11.1. The molecule has 2 aromatic rings. The lowest BCUT2D eigenvalue weighted by molar-refractivity contribution is -0.124. The summed E-state index contributed by atoms with van der Waals surface area (Å²) in [6.45, 7) is 2.76. The Morgan fingerprint density at radius 1 is 1.06 bits per heavy atom. The third kappa shape index (κ3) is 5.34. The van der Waals surface area contributed by atoms with Crippen molar-refractivity contribution in [2.45, 2.75) is 37.6 Å². The summed E-state index contributed by atoms with van der Waals surface area (Å²) in [4.78, 5) is 28.3. The van der Waals surface area contributed by atoms with Crippen molar-refractivity contribution >= 4 is 23.6 Å². The smallest absolute Gasteiger partial charge is 0.255 e. The van der Waals surface area contributed by atoms with Gasteiger partial charge in [0.2, 0.25) is 5.91 Å². The van der Waals surface area contributed by atoms with Gasteiger partial charge in [-0.05, 0) is 30.2 Å². The van der Waals surface area contributed by atoms with E-state index in [2.05, 4.69) is 12.2 Å². The van der Waals surface area contributed by atoms with Gasteiger partial charge >= 0.3 is 0 Å². The Morgan fingerprint density at radius 3 is 2.48 bits per heavy atom. The van der Waals surface area contributed by atoms with Crippen molar-refractivity contribution in [1.29, 1.82) is 0 Å². The van der Waals surface area contributed by atoms with Crippen LogP contribution >= 0.6 is 11.8 Å². The molecule has 2 unspecified atom stereocenters. The van der Waals surface area contributed by atoms with Crippen molar-refractivity contribution in [2.75, 3.05) is 26.5 Å². The Labute approximate surface area is 188 Å². The molecule has 2 aromatic carbocycles. The number of hydrogen-bond donors (Lipinski definition) is 1. The maximum Gasteiger partial charge on any atom is 0.255 e. The summed E-state index contributed by atoms with van der Waals surface area (Å²) in [6, 6.07) is 14.4. The van der Waals surface area contributed by atoms with Gasteiger partial charge < -0.3 is 19.7 Å². The number of rotatable bonds is 9. The van der Waals surface area contributed by atoms with Gasteiger partial charge in [-0.3, -0.25) is 9.59 Å². The summed E-state index contributed by atoms with van der Waals surface area (Å²) < 4.78 is 10.7. The van der Waals surface area contributed by atoms with E-state index >= 15 is 0 Å². The predicted molar refractivity (Wildman–Crippen MR) is 124 cm³/mol. The first kappa shape index (κ1) is 23.0. The van der Waals surface area contributed by atoms with Crippen LogP contribution < -0.4 is 14.8 Å². The minimum absolute atomic E-state index is 0.101. The van der Waals surface area contributed by atoms with Gasteiger partial charge in [-0.25, -0.2) is 0 Å². The lowest BCUT2D eigenvalue weighted by Crippen LogP contribution is -2.48. The molecule has 1 aliphatic heterocycles. The molecule has 0 saturated carbocycles.